The van der Waals surface area contributed by atoms with E-state index in [2.05, 4.69) is 4.98 Å². The zero-order valence-corrected chi connectivity index (χ0v) is 13.8. The maximum Gasteiger partial charge on any atom is 0.416 e. The molecule has 2 heterocycles. The Hall–Kier alpha value is -1.41. The van der Waals surface area contributed by atoms with Crippen LogP contribution < -0.4 is 5.56 Å². The highest BCUT2D eigenvalue weighted by Crippen LogP contribution is 2.32. The highest BCUT2D eigenvalue weighted by Gasteiger charge is 2.31. The van der Waals surface area contributed by atoms with Gasteiger partial charge in [-0.2, -0.15) is 13.2 Å². The molecule has 0 saturated heterocycles. The van der Waals surface area contributed by atoms with Gasteiger partial charge in [0.05, 0.1) is 21.8 Å². The van der Waals surface area contributed by atoms with E-state index in [4.69, 9.17) is 0 Å². The normalized spacial score (nSPS) is 14.1. The van der Waals surface area contributed by atoms with E-state index in [-0.39, 0.29) is 11.2 Å². The summed E-state index contributed by atoms with van der Waals surface area (Å²) in [7, 11) is 0. The first-order valence-corrected chi connectivity index (χ1v) is 8.98. The fourth-order valence-corrected chi connectivity index (χ4v) is 4.15. The number of aryl methyl sites for hydroxylation is 1. The second-order valence-corrected chi connectivity index (χ2v) is 7.23. The minimum absolute atomic E-state index is 0.198. The number of alkyl halides is 3. The lowest BCUT2D eigenvalue weighted by atomic mass is 10.2. The SMILES string of the molecule is CCSc1nc2c(c(=O)n1-c1cccc(C(F)(F)F)c1)SCC2. The van der Waals surface area contributed by atoms with E-state index >= 15 is 0 Å². The van der Waals surface area contributed by atoms with Crippen molar-refractivity contribution in [1.82, 2.24) is 9.55 Å². The topological polar surface area (TPSA) is 34.9 Å². The van der Waals surface area contributed by atoms with Crippen molar-refractivity contribution in [3.05, 3.63) is 45.9 Å². The molecule has 0 radical (unpaired) electrons. The largest absolute Gasteiger partial charge is 0.416 e. The Morgan fingerprint density at radius 1 is 1.39 bits per heavy atom. The average Bonchev–Trinajstić information content (AvgIpc) is 2.96. The summed E-state index contributed by atoms with van der Waals surface area (Å²) in [5.41, 5.74) is -0.113. The van der Waals surface area contributed by atoms with Gasteiger partial charge in [0.15, 0.2) is 5.16 Å². The first-order valence-electron chi connectivity index (χ1n) is 7.01. The molecule has 0 N–H and O–H groups in total. The lowest BCUT2D eigenvalue weighted by Crippen LogP contribution is -2.24. The molecule has 1 aliphatic heterocycles. The van der Waals surface area contributed by atoms with Crippen molar-refractivity contribution in [1.29, 1.82) is 0 Å². The van der Waals surface area contributed by atoms with E-state index in [1.807, 2.05) is 6.92 Å². The van der Waals surface area contributed by atoms with Crippen LogP contribution in [0.5, 0.6) is 0 Å². The van der Waals surface area contributed by atoms with Crippen LogP contribution in [0.4, 0.5) is 13.2 Å². The molecule has 0 bridgehead atoms. The van der Waals surface area contributed by atoms with Gasteiger partial charge < -0.3 is 0 Å². The lowest BCUT2D eigenvalue weighted by molar-refractivity contribution is -0.137. The predicted molar refractivity (Wildman–Crippen MR) is 85.7 cm³/mol. The van der Waals surface area contributed by atoms with Crippen LogP contribution >= 0.6 is 23.5 Å². The second-order valence-electron chi connectivity index (χ2n) is 4.89. The van der Waals surface area contributed by atoms with Crippen LogP contribution in [0.3, 0.4) is 0 Å². The third kappa shape index (κ3) is 3.14. The summed E-state index contributed by atoms with van der Waals surface area (Å²) in [5.74, 6) is 1.46. The van der Waals surface area contributed by atoms with Gasteiger partial charge in [0.25, 0.3) is 5.56 Å². The Morgan fingerprint density at radius 3 is 2.87 bits per heavy atom. The van der Waals surface area contributed by atoms with Gasteiger partial charge in [-0.1, -0.05) is 24.8 Å². The minimum Gasteiger partial charge on any atom is -0.268 e. The number of hydrogen-bond acceptors (Lipinski definition) is 4. The Morgan fingerprint density at radius 2 is 2.17 bits per heavy atom. The summed E-state index contributed by atoms with van der Waals surface area (Å²) in [5, 5.41) is 0.443. The molecule has 2 aromatic rings. The zero-order valence-electron chi connectivity index (χ0n) is 12.2. The Bertz CT molecular complexity index is 802. The summed E-state index contributed by atoms with van der Waals surface area (Å²) in [6.45, 7) is 1.91. The Balaban J connectivity index is 2.21. The molecule has 1 aromatic heterocycles. The number of fused-ring (bicyclic) bond motifs is 1. The van der Waals surface area contributed by atoms with Gasteiger partial charge >= 0.3 is 6.18 Å². The van der Waals surface area contributed by atoms with Crippen LogP contribution in [0, 0.1) is 0 Å². The fraction of sp³-hybridized carbons (Fsp3) is 0.333. The van der Waals surface area contributed by atoms with E-state index in [9.17, 15) is 18.0 Å². The average molecular weight is 358 g/mol. The van der Waals surface area contributed by atoms with Crippen LogP contribution in [-0.4, -0.2) is 21.1 Å². The summed E-state index contributed by atoms with van der Waals surface area (Å²) >= 11 is 2.76. The smallest absolute Gasteiger partial charge is 0.268 e. The maximum atomic E-state index is 12.9. The van der Waals surface area contributed by atoms with Crippen molar-refractivity contribution in [2.24, 2.45) is 0 Å². The molecule has 8 heteroatoms. The molecule has 0 spiro atoms. The Labute approximate surface area is 139 Å². The molecule has 3 nitrogen and oxygen atoms in total. The number of halogens is 3. The van der Waals surface area contributed by atoms with Crippen molar-refractivity contribution in [2.45, 2.75) is 29.6 Å². The van der Waals surface area contributed by atoms with Crippen molar-refractivity contribution in [3.8, 4) is 5.69 Å². The van der Waals surface area contributed by atoms with Crippen LogP contribution in [0.2, 0.25) is 0 Å². The summed E-state index contributed by atoms with van der Waals surface area (Å²) in [4.78, 5) is 17.8. The van der Waals surface area contributed by atoms with Gasteiger partial charge in [-0.05, 0) is 24.0 Å². The standard InChI is InChI=1S/C15H13F3N2OS2/c1-2-22-14-19-11-6-7-23-12(11)13(21)20(14)10-5-3-4-9(8-10)15(16,17)18/h3-5,8H,2,6-7H2,1H3. The Kier molecular flexibility index (Phi) is 4.46. The quantitative estimate of drug-likeness (QED) is 0.613. The fourth-order valence-electron chi connectivity index (χ4n) is 2.37. The van der Waals surface area contributed by atoms with Gasteiger partial charge in [0, 0.05) is 12.2 Å². The monoisotopic (exact) mass is 358 g/mol. The van der Waals surface area contributed by atoms with Crippen LogP contribution in [0.15, 0.2) is 39.1 Å². The first-order chi connectivity index (χ1) is 10.9. The van der Waals surface area contributed by atoms with Gasteiger partial charge in [-0.3, -0.25) is 9.36 Å². The highest BCUT2D eigenvalue weighted by molar-refractivity contribution is 7.99. The summed E-state index contributed by atoms with van der Waals surface area (Å²) < 4.78 is 40.1. The predicted octanol–water partition coefficient (Wildman–Crippen LogP) is 4.01. The van der Waals surface area contributed by atoms with E-state index < -0.39 is 11.7 Å². The van der Waals surface area contributed by atoms with Crippen molar-refractivity contribution < 1.29 is 13.2 Å². The summed E-state index contributed by atoms with van der Waals surface area (Å²) in [6.07, 6.45) is -3.73. The van der Waals surface area contributed by atoms with E-state index in [1.54, 1.807) is 0 Å². The number of benzene rings is 1. The molecule has 0 unspecified atom stereocenters. The summed E-state index contributed by atoms with van der Waals surface area (Å²) in [6, 6.07) is 4.81. The third-order valence-corrected chi connectivity index (χ3v) is 5.30. The molecule has 0 aliphatic carbocycles. The van der Waals surface area contributed by atoms with Crippen molar-refractivity contribution >= 4 is 23.5 Å². The first kappa shape index (κ1) is 16.4. The second kappa shape index (κ2) is 6.24. The van der Waals surface area contributed by atoms with E-state index in [0.717, 1.165) is 30.0 Å². The molecule has 1 aliphatic rings. The van der Waals surface area contributed by atoms with Crippen LogP contribution in [0.25, 0.3) is 5.69 Å². The van der Waals surface area contributed by atoms with Crippen molar-refractivity contribution in [2.75, 3.05) is 11.5 Å². The molecule has 1 aromatic carbocycles. The number of thioether (sulfide) groups is 2. The molecule has 122 valence electrons. The molecular weight excluding hydrogens is 345 g/mol. The van der Waals surface area contributed by atoms with Crippen LogP contribution in [-0.2, 0) is 12.6 Å². The maximum absolute atomic E-state index is 12.9. The lowest BCUT2D eigenvalue weighted by Gasteiger charge is -2.15. The molecule has 3 rings (SSSR count). The molecule has 23 heavy (non-hydrogen) atoms. The highest BCUT2D eigenvalue weighted by atomic mass is 32.2. The van der Waals surface area contributed by atoms with E-state index in [1.165, 1.54) is 40.2 Å². The molecule has 0 saturated carbocycles. The third-order valence-electron chi connectivity index (χ3n) is 3.37. The number of nitrogens with zero attached hydrogens (tertiary/aromatic N) is 2. The zero-order chi connectivity index (χ0) is 16.6. The van der Waals surface area contributed by atoms with Gasteiger partial charge in [-0.15, -0.1) is 11.8 Å². The minimum atomic E-state index is -4.45. The molecule has 0 fully saturated rings. The number of hydrogen-bond donors (Lipinski definition) is 0. The molecule has 0 amide bonds. The number of aromatic nitrogens is 2. The van der Waals surface area contributed by atoms with Crippen LogP contribution in [0.1, 0.15) is 18.2 Å². The van der Waals surface area contributed by atoms with Gasteiger partial charge in [-0.25, -0.2) is 4.98 Å². The van der Waals surface area contributed by atoms with E-state index in [0.29, 0.717) is 15.8 Å². The van der Waals surface area contributed by atoms with Crippen molar-refractivity contribution in [3.63, 3.8) is 0 Å². The molecular formula is C15H13F3N2OS2. The van der Waals surface area contributed by atoms with Gasteiger partial charge in [0.2, 0.25) is 0 Å². The number of rotatable bonds is 3. The van der Waals surface area contributed by atoms with Gasteiger partial charge in [0.1, 0.15) is 0 Å². The molecule has 0 atom stereocenters.